The molecule has 0 unspecified atom stereocenters. The minimum atomic E-state index is -0.357. The Morgan fingerprint density at radius 2 is 1.89 bits per heavy atom. The molecular weight excluding hydrogens is 595 g/mol. The van der Waals surface area contributed by atoms with E-state index < -0.39 is 0 Å². The normalized spacial score (nSPS) is 15.7. The van der Waals surface area contributed by atoms with E-state index in [4.69, 9.17) is 4.74 Å². The first kappa shape index (κ1) is 20.6. The Hall–Kier alpha value is -1.14. The average molecular weight is 609 g/mol. The van der Waals surface area contributed by atoms with E-state index in [1.54, 1.807) is 18.2 Å². The minimum Gasteiger partial charge on any atom is -0.492 e. The van der Waals surface area contributed by atoms with Crippen molar-refractivity contribution in [3.05, 3.63) is 65.4 Å². The van der Waals surface area contributed by atoms with Crippen LogP contribution in [0.4, 0.5) is 9.18 Å². The number of hydrogen-bond acceptors (Lipinski definition) is 4. The quantitative estimate of drug-likeness (QED) is 0.324. The summed E-state index contributed by atoms with van der Waals surface area (Å²) in [5, 5.41) is -0.339. The molecule has 3 rings (SSSR count). The summed E-state index contributed by atoms with van der Waals surface area (Å²) in [6.45, 7) is 2.52. The number of thioether (sulfide) groups is 1. The Bertz CT molecular complexity index is 931. The molecule has 0 N–H and O–H groups in total. The summed E-state index contributed by atoms with van der Waals surface area (Å²) < 4.78 is 20.7. The van der Waals surface area contributed by atoms with Crippen LogP contribution in [0.15, 0.2) is 41.3 Å². The lowest BCUT2D eigenvalue weighted by Crippen LogP contribution is -2.27. The van der Waals surface area contributed by atoms with E-state index in [2.05, 4.69) is 45.2 Å². The second kappa shape index (κ2) is 8.91. The molecule has 27 heavy (non-hydrogen) atoms. The number of amides is 2. The summed E-state index contributed by atoms with van der Waals surface area (Å²) in [6, 6.07) is 9.67. The summed E-state index contributed by atoms with van der Waals surface area (Å²) in [4.78, 5) is 26.6. The highest BCUT2D eigenvalue weighted by molar-refractivity contribution is 14.1. The number of hydrogen-bond donors (Lipinski definition) is 0. The standard InChI is InChI=1S/C19H14FI2NO3S/c1-2-26-17-12(7-14(21)9-15(17)22)8-16-18(24)23(19(25)27-16)10-11-3-5-13(20)6-4-11/h3-9H,2,10H2,1H3/b16-8-. The lowest BCUT2D eigenvalue weighted by molar-refractivity contribution is -0.123. The van der Waals surface area contributed by atoms with Gasteiger partial charge in [0.25, 0.3) is 11.1 Å². The molecule has 2 aromatic rings. The SMILES string of the molecule is CCOc1c(I)cc(I)cc1/C=C1\SC(=O)N(Cc2ccc(F)cc2)C1=O. The van der Waals surface area contributed by atoms with Gasteiger partial charge in [-0.2, -0.15) is 0 Å². The summed E-state index contributed by atoms with van der Waals surface area (Å²) >= 11 is 5.30. The van der Waals surface area contributed by atoms with E-state index >= 15 is 0 Å². The fourth-order valence-electron chi connectivity index (χ4n) is 2.53. The van der Waals surface area contributed by atoms with E-state index in [9.17, 15) is 14.0 Å². The Kier molecular flexibility index (Phi) is 6.79. The van der Waals surface area contributed by atoms with Crippen molar-refractivity contribution >= 4 is 74.2 Å². The maximum atomic E-state index is 13.0. The van der Waals surface area contributed by atoms with Crippen molar-refractivity contribution in [1.82, 2.24) is 4.90 Å². The Labute approximate surface area is 187 Å². The molecule has 0 aromatic heterocycles. The summed E-state index contributed by atoms with van der Waals surface area (Å²) in [6.07, 6.45) is 1.70. The molecule has 0 atom stereocenters. The van der Waals surface area contributed by atoms with Crippen LogP contribution in [0.3, 0.4) is 0 Å². The van der Waals surface area contributed by atoms with Crippen LogP contribution in [-0.4, -0.2) is 22.7 Å². The van der Waals surface area contributed by atoms with Crippen LogP contribution in [0.5, 0.6) is 5.75 Å². The van der Waals surface area contributed by atoms with Gasteiger partial charge in [0.05, 0.1) is 21.6 Å². The lowest BCUT2D eigenvalue weighted by atomic mass is 10.1. The largest absolute Gasteiger partial charge is 0.492 e. The van der Waals surface area contributed by atoms with E-state index in [0.717, 1.165) is 24.5 Å². The third-order valence-electron chi connectivity index (χ3n) is 3.74. The number of imide groups is 1. The molecule has 0 radical (unpaired) electrons. The van der Waals surface area contributed by atoms with Crippen LogP contribution in [-0.2, 0) is 11.3 Å². The predicted octanol–water partition coefficient (Wildman–Crippen LogP) is 5.67. The summed E-state index contributed by atoms with van der Waals surface area (Å²) in [7, 11) is 0. The topological polar surface area (TPSA) is 46.6 Å². The van der Waals surface area contributed by atoms with Gasteiger partial charge < -0.3 is 4.74 Å². The first-order chi connectivity index (χ1) is 12.9. The molecular formula is C19H14FI2NO3S. The van der Waals surface area contributed by atoms with Crippen LogP contribution in [0, 0.1) is 13.0 Å². The van der Waals surface area contributed by atoms with Crippen molar-refractivity contribution in [3.8, 4) is 5.75 Å². The van der Waals surface area contributed by atoms with Crippen molar-refractivity contribution in [2.45, 2.75) is 13.5 Å². The van der Waals surface area contributed by atoms with E-state index in [1.807, 2.05) is 19.1 Å². The maximum Gasteiger partial charge on any atom is 0.293 e. The zero-order valence-corrected chi connectivity index (χ0v) is 19.3. The number of halogens is 3. The number of nitrogens with zero attached hydrogens (tertiary/aromatic N) is 1. The van der Waals surface area contributed by atoms with E-state index in [0.29, 0.717) is 22.8 Å². The van der Waals surface area contributed by atoms with Gasteiger partial charge in [0.2, 0.25) is 0 Å². The Morgan fingerprint density at radius 3 is 2.56 bits per heavy atom. The van der Waals surface area contributed by atoms with Crippen LogP contribution in [0.1, 0.15) is 18.1 Å². The average Bonchev–Trinajstić information content (AvgIpc) is 2.87. The van der Waals surface area contributed by atoms with E-state index in [1.165, 1.54) is 17.0 Å². The minimum absolute atomic E-state index is 0.116. The molecule has 0 spiro atoms. The molecule has 1 fully saturated rings. The van der Waals surface area contributed by atoms with Gasteiger partial charge in [-0.3, -0.25) is 14.5 Å². The van der Waals surface area contributed by atoms with Crippen LogP contribution >= 0.6 is 56.9 Å². The third kappa shape index (κ3) is 4.83. The lowest BCUT2D eigenvalue weighted by Gasteiger charge is -2.13. The Balaban J connectivity index is 1.89. The first-order valence-electron chi connectivity index (χ1n) is 8.00. The van der Waals surface area contributed by atoms with Crippen LogP contribution in [0.2, 0.25) is 0 Å². The van der Waals surface area contributed by atoms with Crippen LogP contribution < -0.4 is 4.74 Å². The number of rotatable bonds is 5. The van der Waals surface area contributed by atoms with Gasteiger partial charge in [0.15, 0.2) is 0 Å². The maximum absolute atomic E-state index is 13.0. The molecule has 0 saturated carbocycles. The Morgan fingerprint density at radius 1 is 1.19 bits per heavy atom. The molecule has 8 heteroatoms. The first-order valence-corrected chi connectivity index (χ1v) is 11.0. The smallest absolute Gasteiger partial charge is 0.293 e. The predicted molar refractivity (Wildman–Crippen MR) is 121 cm³/mol. The van der Waals surface area contributed by atoms with Gasteiger partial charge in [-0.1, -0.05) is 12.1 Å². The zero-order valence-electron chi connectivity index (χ0n) is 14.2. The number of carbonyl (C=O) groups is 2. The van der Waals surface area contributed by atoms with Gasteiger partial charge in [0.1, 0.15) is 11.6 Å². The molecule has 2 aromatic carbocycles. The second-order valence-electron chi connectivity index (χ2n) is 5.63. The van der Waals surface area contributed by atoms with Gasteiger partial charge in [-0.15, -0.1) is 0 Å². The highest BCUT2D eigenvalue weighted by Crippen LogP contribution is 2.36. The highest BCUT2D eigenvalue weighted by Gasteiger charge is 2.35. The van der Waals surface area contributed by atoms with Crippen LogP contribution in [0.25, 0.3) is 6.08 Å². The van der Waals surface area contributed by atoms with Crippen molar-refractivity contribution in [1.29, 1.82) is 0 Å². The molecule has 1 aliphatic rings. The molecule has 4 nitrogen and oxygen atoms in total. The van der Waals surface area contributed by atoms with Crippen molar-refractivity contribution in [2.24, 2.45) is 0 Å². The highest BCUT2D eigenvalue weighted by atomic mass is 127. The monoisotopic (exact) mass is 609 g/mol. The van der Waals surface area contributed by atoms with Gasteiger partial charge in [0, 0.05) is 9.13 Å². The number of carbonyl (C=O) groups excluding carboxylic acids is 2. The van der Waals surface area contributed by atoms with Gasteiger partial charge in [-0.25, -0.2) is 4.39 Å². The van der Waals surface area contributed by atoms with E-state index in [-0.39, 0.29) is 23.5 Å². The van der Waals surface area contributed by atoms with Crippen molar-refractivity contribution < 1.29 is 18.7 Å². The second-order valence-corrected chi connectivity index (χ2v) is 9.03. The number of ether oxygens (including phenoxy) is 1. The zero-order chi connectivity index (χ0) is 19.6. The summed E-state index contributed by atoms with van der Waals surface area (Å²) in [5.41, 5.74) is 1.46. The third-order valence-corrected chi connectivity index (χ3v) is 6.07. The number of benzene rings is 2. The molecule has 140 valence electrons. The summed E-state index contributed by atoms with van der Waals surface area (Å²) in [5.74, 6) is -0.0148. The van der Waals surface area contributed by atoms with Crippen molar-refractivity contribution in [3.63, 3.8) is 0 Å². The van der Waals surface area contributed by atoms with Crippen molar-refractivity contribution in [2.75, 3.05) is 6.61 Å². The fraction of sp³-hybridized carbons (Fsp3) is 0.158. The molecule has 1 heterocycles. The van der Waals surface area contributed by atoms with Gasteiger partial charge in [-0.05, 0) is 99.8 Å². The molecule has 1 aliphatic heterocycles. The molecule has 0 aliphatic carbocycles. The molecule has 0 bridgehead atoms. The molecule has 2 amide bonds. The van der Waals surface area contributed by atoms with Gasteiger partial charge >= 0.3 is 0 Å². The fourth-order valence-corrected chi connectivity index (χ4v) is 5.41. The molecule has 1 saturated heterocycles.